The van der Waals surface area contributed by atoms with Crippen LogP contribution in [0.15, 0.2) is 24.3 Å². The Hall–Kier alpha value is -1.03. The zero-order chi connectivity index (χ0) is 13.8. The van der Waals surface area contributed by atoms with Crippen molar-refractivity contribution in [2.45, 2.75) is 45.3 Å². The van der Waals surface area contributed by atoms with E-state index in [1.807, 2.05) is 0 Å². The minimum Gasteiger partial charge on any atom is -0.327 e. The van der Waals surface area contributed by atoms with Crippen LogP contribution < -0.4 is 5.73 Å². The van der Waals surface area contributed by atoms with Gasteiger partial charge in [-0.1, -0.05) is 32.4 Å². The molecule has 0 saturated heterocycles. The van der Waals surface area contributed by atoms with Gasteiger partial charge in [-0.3, -0.25) is 0 Å². The first-order valence-electron chi connectivity index (χ1n) is 6.26. The number of alkyl halides is 3. The van der Waals surface area contributed by atoms with Gasteiger partial charge in [0.15, 0.2) is 0 Å². The predicted molar refractivity (Wildman–Crippen MR) is 67.2 cm³/mol. The molecule has 2 atom stereocenters. The van der Waals surface area contributed by atoms with Gasteiger partial charge in [0.05, 0.1) is 5.56 Å². The van der Waals surface area contributed by atoms with Gasteiger partial charge in [-0.2, -0.15) is 13.2 Å². The van der Waals surface area contributed by atoms with Crippen LogP contribution in [0.4, 0.5) is 13.2 Å². The summed E-state index contributed by atoms with van der Waals surface area (Å²) in [5.41, 5.74) is 6.29. The van der Waals surface area contributed by atoms with E-state index in [0.717, 1.165) is 30.5 Å². The molecule has 0 aromatic heterocycles. The quantitative estimate of drug-likeness (QED) is 0.849. The summed E-state index contributed by atoms with van der Waals surface area (Å²) in [5.74, 6) is 0.386. The fourth-order valence-electron chi connectivity index (χ4n) is 1.97. The Balaban J connectivity index is 2.64. The van der Waals surface area contributed by atoms with Crippen molar-refractivity contribution in [1.29, 1.82) is 0 Å². The average Bonchev–Trinajstić information content (AvgIpc) is 2.28. The molecule has 4 heteroatoms. The second kappa shape index (κ2) is 6.23. The lowest BCUT2D eigenvalue weighted by Crippen LogP contribution is -2.30. The molecule has 0 saturated carbocycles. The summed E-state index contributed by atoms with van der Waals surface area (Å²) >= 11 is 0. The van der Waals surface area contributed by atoms with Crippen molar-refractivity contribution in [3.8, 4) is 0 Å². The van der Waals surface area contributed by atoms with Crippen LogP contribution in [0.25, 0.3) is 0 Å². The Morgan fingerprint density at radius 1 is 1.17 bits per heavy atom. The molecular formula is C14H20F3N. The van der Waals surface area contributed by atoms with Gasteiger partial charge in [0.1, 0.15) is 0 Å². The maximum absolute atomic E-state index is 12.4. The van der Waals surface area contributed by atoms with Gasteiger partial charge in [0.25, 0.3) is 0 Å². The van der Waals surface area contributed by atoms with Gasteiger partial charge in [-0.05, 0) is 36.5 Å². The van der Waals surface area contributed by atoms with Crippen molar-refractivity contribution in [3.63, 3.8) is 0 Å². The lowest BCUT2D eigenvalue weighted by Gasteiger charge is -2.19. The Morgan fingerprint density at radius 3 is 2.17 bits per heavy atom. The Bertz CT molecular complexity index is 356. The maximum atomic E-state index is 12.4. The third kappa shape index (κ3) is 4.33. The van der Waals surface area contributed by atoms with Crippen LogP contribution in [0.2, 0.25) is 0 Å². The zero-order valence-electron chi connectivity index (χ0n) is 10.8. The second-order valence-corrected chi connectivity index (χ2v) is 4.83. The van der Waals surface area contributed by atoms with E-state index in [9.17, 15) is 13.2 Å². The summed E-state index contributed by atoms with van der Waals surface area (Å²) in [6.45, 7) is 4.18. The molecule has 1 nitrogen and oxygen atoms in total. The Labute approximate surface area is 106 Å². The highest BCUT2D eigenvalue weighted by atomic mass is 19.4. The van der Waals surface area contributed by atoms with Crippen molar-refractivity contribution in [3.05, 3.63) is 35.4 Å². The van der Waals surface area contributed by atoms with Crippen molar-refractivity contribution in [2.24, 2.45) is 11.7 Å². The molecule has 0 heterocycles. The largest absolute Gasteiger partial charge is 0.416 e. The summed E-state index contributed by atoms with van der Waals surface area (Å²) < 4.78 is 37.2. The molecule has 0 aliphatic carbocycles. The van der Waals surface area contributed by atoms with E-state index in [1.54, 1.807) is 0 Å². The van der Waals surface area contributed by atoms with Crippen LogP contribution in [-0.4, -0.2) is 6.04 Å². The van der Waals surface area contributed by atoms with E-state index < -0.39 is 11.7 Å². The molecule has 102 valence electrons. The number of nitrogens with two attached hydrogens (primary N) is 1. The van der Waals surface area contributed by atoms with Crippen LogP contribution in [-0.2, 0) is 12.6 Å². The molecule has 0 radical (unpaired) electrons. The van der Waals surface area contributed by atoms with E-state index in [4.69, 9.17) is 5.73 Å². The molecule has 0 spiro atoms. The van der Waals surface area contributed by atoms with Crippen LogP contribution in [0.5, 0.6) is 0 Å². The van der Waals surface area contributed by atoms with E-state index in [-0.39, 0.29) is 6.04 Å². The summed E-state index contributed by atoms with van der Waals surface area (Å²) in [5, 5.41) is 0. The second-order valence-electron chi connectivity index (χ2n) is 4.83. The number of rotatable bonds is 5. The highest BCUT2D eigenvalue weighted by Gasteiger charge is 2.29. The molecule has 0 aliphatic rings. The SMILES string of the molecule is CCCC(C)C(N)Cc1ccc(C(F)(F)F)cc1. The highest BCUT2D eigenvalue weighted by molar-refractivity contribution is 5.25. The summed E-state index contributed by atoms with van der Waals surface area (Å²) in [4.78, 5) is 0. The van der Waals surface area contributed by atoms with E-state index in [1.165, 1.54) is 12.1 Å². The van der Waals surface area contributed by atoms with Gasteiger partial charge < -0.3 is 5.73 Å². The normalized spacial score (nSPS) is 15.4. The number of hydrogen-bond donors (Lipinski definition) is 1. The smallest absolute Gasteiger partial charge is 0.327 e. The first kappa shape index (κ1) is 15.0. The molecule has 0 fully saturated rings. The van der Waals surface area contributed by atoms with Crippen molar-refractivity contribution < 1.29 is 13.2 Å². The summed E-state index contributed by atoms with van der Waals surface area (Å²) in [6, 6.07) is 5.27. The molecule has 0 amide bonds. The minimum atomic E-state index is -4.27. The van der Waals surface area contributed by atoms with Gasteiger partial charge in [-0.25, -0.2) is 0 Å². The Kier molecular flexibility index (Phi) is 5.20. The van der Waals surface area contributed by atoms with Gasteiger partial charge in [0, 0.05) is 6.04 Å². The number of benzene rings is 1. The molecule has 18 heavy (non-hydrogen) atoms. The zero-order valence-corrected chi connectivity index (χ0v) is 10.8. The topological polar surface area (TPSA) is 26.0 Å². The highest BCUT2D eigenvalue weighted by Crippen LogP contribution is 2.29. The molecule has 1 aromatic carbocycles. The van der Waals surface area contributed by atoms with Crippen LogP contribution in [0.1, 0.15) is 37.8 Å². The Morgan fingerprint density at radius 2 is 1.72 bits per heavy atom. The van der Waals surface area contributed by atoms with E-state index in [0.29, 0.717) is 12.3 Å². The molecule has 1 aromatic rings. The lowest BCUT2D eigenvalue weighted by molar-refractivity contribution is -0.137. The van der Waals surface area contributed by atoms with E-state index in [2.05, 4.69) is 13.8 Å². The predicted octanol–water partition coefficient (Wildman–Crippen LogP) is 4.01. The molecule has 2 unspecified atom stereocenters. The van der Waals surface area contributed by atoms with Gasteiger partial charge >= 0.3 is 6.18 Å². The third-order valence-corrected chi connectivity index (χ3v) is 3.23. The fraction of sp³-hybridized carbons (Fsp3) is 0.571. The molecular weight excluding hydrogens is 239 g/mol. The molecule has 2 N–H and O–H groups in total. The maximum Gasteiger partial charge on any atom is 0.416 e. The number of hydrogen-bond acceptors (Lipinski definition) is 1. The third-order valence-electron chi connectivity index (χ3n) is 3.23. The fourth-order valence-corrected chi connectivity index (χ4v) is 1.97. The number of halogens is 3. The van der Waals surface area contributed by atoms with Crippen LogP contribution in [0.3, 0.4) is 0 Å². The van der Waals surface area contributed by atoms with Gasteiger partial charge in [-0.15, -0.1) is 0 Å². The van der Waals surface area contributed by atoms with Crippen LogP contribution in [0, 0.1) is 5.92 Å². The van der Waals surface area contributed by atoms with Crippen molar-refractivity contribution in [1.82, 2.24) is 0 Å². The molecule has 1 rings (SSSR count). The van der Waals surface area contributed by atoms with E-state index >= 15 is 0 Å². The summed E-state index contributed by atoms with van der Waals surface area (Å²) in [7, 11) is 0. The first-order chi connectivity index (χ1) is 8.34. The van der Waals surface area contributed by atoms with Gasteiger partial charge in [0.2, 0.25) is 0 Å². The minimum absolute atomic E-state index is 0.00156. The van der Waals surface area contributed by atoms with Crippen molar-refractivity contribution >= 4 is 0 Å². The average molecular weight is 259 g/mol. The standard InChI is InChI=1S/C14H20F3N/c1-3-4-10(2)13(18)9-11-5-7-12(8-6-11)14(15,16)17/h5-8,10,13H,3-4,9,18H2,1-2H3. The van der Waals surface area contributed by atoms with Crippen LogP contribution >= 0.6 is 0 Å². The molecule has 0 bridgehead atoms. The lowest BCUT2D eigenvalue weighted by atomic mass is 9.92. The first-order valence-corrected chi connectivity index (χ1v) is 6.26. The monoisotopic (exact) mass is 259 g/mol. The van der Waals surface area contributed by atoms with Crippen molar-refractivity contribution in [2.75, 3.05) is 0 Å². The summed E-state index contributed by atoms with van der Waals surface area (Å²) in [6.07, 6.45) is -1.53. The molecule has 0 aliphatic heterocycles.